The molecule has 5 heteroatoms. The molecular formula is C12H12BrClN2S. The van der Waals surface area contributed by atoms with Crippen LogP contribution in [-0.2, 0) is 6.42 Å². The number of hydrazine groups is 1. The van der Waals surface area contributed by atoms with Crippen molar-refractivity contribution >= 4 is 38.9 Å². The molecule has 0 aliphatic carbocycles. The summed E-state index contributed by atoms with van der Waals surface area (Å²) in [5.74, 6) is 5.60. The van der Waals surface area contributed by atoms with Crippen molar-refractivity contribution in [1.82, 2.24) is 5.43 Å². The molecule has 3 N–H and O–H groups in total. The maximum Gasteiger partial charge on any atom is 0.0931 e. The second kappa shape index (κ2) is 5.98. The largest absolute Gasteiger partial charge is 0.271 e. The van der Waals surface area contributed by atoms with Crippen LogP contribution in [0.2, 0.25) is 4.34 Å². The Morgan fingerprint density at radius 3 is 2.76 bits per heavy atom. The maximum atomic E-state index is 5.93. The fourth-order valence-corrected chi connectivity index (χ4v) is 3.22. The molecule has 17 heavy (non-hydrogen) atoms. The van der Waals surface area contributed by atoms with E-state index in [1.165, 1.54) is 5.56 Å². The molecule has 0 fully saturated rings. The van der Waals surface area contributed by atoms with Gasteiger partial charge in [0.25, 0.3) is 0 Å². The standard InChI is InChI=1S/C12H12BrClN2S/c13-9-3-1-2-8(6-9)7-10(16-15)11-4-5-12(14)17-11/h1-6,10,16H,7,15H2. The summed E-state index contributed by atoms with van der Waals surface area (Å²) in [6, 6.07) is 12.2. The Labute approximate surface area is 118 Å². The van der Waals surface area contributed by atoms with Crippen LogP contribution in [0.25, 0.3) is 0 Å². The molecule has 0 saturated heterocycles. The van der Waals surface area contributed by atoms with Crippen molar-refractivity contribution in [3.63, 3.8) is 0 Å². The smallest absolute Gasteiger partial charge is 0.0931 e. The van der Waals surface area contributed by atoms with E-state index in [4.69, 9.17) is 17.4 Å². The van der Waals surface area contributed by atoms with Gasteiger partial charge in [-0.3, -0.25) is 11.3 Å². The zero-order chi connectivity index (χ0) is 12.3. The minimum absolute atomic E-state index is 0.0989. The van der Waals surface area contributed by atoms with Gasteiger partial charge in [-0.25, -0.2) is 0 Å². The van der Waals surface area contributed by atoms with Gasteiger partial charge in [0.15, 0.2) is 0 Å². The zero-order valence-electron chi connectivity index (χ0n) is 8.99. The zero-order valence-corrected chi connectivity index (χ0v) is 12.1. The SMILES string of the molecule is NNC(Cc1cccc(Br)c1)c1ccc(Cl)s1. The van der Waals surface area contributed by atoms with Crippen LogP contribution in [0.4, 0.5) is 0 Å². The van der Waals surface area contributed by atoms with Gasteiger partial charge in [0.2, 0.25) is 0 Å². The molecule has 0 radical (unpaired) electrons. The Kier molecular flexibility index (Phi) is 4.59. The van der Waals surface area contributed by atoms with Gasteiger partial charge in [0.1, 0.15) is 0 Å². The van der Waals surface area contributed by atoms with Gasteiger partial charge >= 0.3 is 0 Å². The van der Waals surface area contributed by atoms with Crippen LogP contribution in [0.1, 0.15) is 16.5 Å². The highest BCUT2D eigenvalue weighted by Gasteiger charge is 2.12. The number of nitrogens with one attached hydrogen (secondary N) is 1. The van der Waals surface area contributed by atoms with Crippen molar-refractivity contribution in [2.24, 2.45) is 5.84 Å². The number of nitrogens with two attached hydrogens (primary N) is 1. The molecule has 0 aliphatic rings. The van der Waals surface area contributed by atoms with Crippen LogP contribution in [0, 0.1) is 0 Å². The number of thiophene rings is 1. The monoisotopic (exact) mass is 330 g/mol. The third-order valence-electron chi connectivity index (χ3n) is 2.47. The van der Waals surface area contributed by atoms with Crippen LogP contribution in [0.15, 0.2) is 40.9 Å². The van der Waals surface area contributed by atoms with Crippen molar-refractivity contribution in [2.75, 3.05) is 0 Å². The van der Waals surface area contributed by atoms with E-state index in [2.05, 4.69) is 33.5 Å². The molecule has 0 amide bonds. The van der Waals surface area contributed by atoms with E-state index in [1.54, 1.807) is 11.3 Å². The van der Waals surface area contributed by atoms with Crippen molar-refractivity contribution in [3.05, 3.63) is 55.6 Å². The van der Waals surface area contributed by atoms with Crippen LogP contribution in [-0.4, -0.2) is 0 Å². The summed E-state index contributed by atoms with van der Waals surface area (Å²) >= 11 is 11.0. The third kappa shape index (κ3) is 3.53. The van der Waals surface area contributed by atoms with Crippen molar-refractivity contribution in [2.45, 2.75) is 12.5 Å². The number of hydrogen-bond donors (Lipinski definition) is 2. The second-order valence-electron chi connectivity index (χ2n) is 3.70. The van der Waals surface area contributed by atoms with E-state index in [1.807, 2.05) is 24.3 Å². The summed E-state index contributed by atoms with van der Waals surface area (Å²) in [4.78, 5) is 1.15. The van der Waals surface area contributed by atoms with E-state index in [9.17, 15) is 0 Å². The van der Waals surface area contributed by atoms with E-state index in [-0.39, 0.29) is 6.04 Å². The topological polar surface area (TPSA) is 38.0 Å². The van der Waals surface area contributed by atoms with Gasteiger partial charge in [-0.2, -0.15) is 0 Å². The minimum Gasteiger partial charge on any atom is -0.271 e. The summed E-state index contributed by atoms with van der Waals surface area (Å²) in [5.41, 5.74) is 4.06. The number of halogens is 2. The Bertz CT molecular complexity index is 501. The highest BCUT2D eigenvalue weighted by Crippen LogP contribution is 2.29. The molecule has 0 saturated carbocycles. The van der Waals surface area contributed by atoms with Crippen LogP contribution in [0.5, 0.6) is 0 Å². The molecule has 2 aromatic rings. The van der Waals surface area contributed by atoms with Gasteiger partial charge < -0.3 is 0 Å². The normalized spacial score (nSPS) is 12.6. The molecule has 1 unspecified atom stereocenters. The lowest BCUT2D eigenvalue weighted by atomic mass is 10.1. The Morgan fingerprint density at radius 2 is 2.18 bits per heavy atom. The van der Waals surface area contributed by atoms with Crippen LogP contribution < -0.4 is 11.3 Å². The van der Waals surface area contributed by atoms with Gasteiger partial charge in [-0.1, -0.05) is 39.7 Å². The van der Waals surface area contributed by atoms with Crippen LogP contribution >= 0.6 is 38.9 Å². The maximum absolute atomic E-state index is 5.93. The van der Waals surface area contributed by atoms with Gasteiger partial charge in [-0.05, 0) is 36.2 Å². The summed E-state index contributed by atoms with van der Waals surface area (Å²) < 4.78 is 1.87. The molecule has 1 aromatic heterocycles. The first-order chi connectivity index (χ1) is 8.19. The van der Waals surface area contributed by atoms with Gasteiger partial charge in [0, 0.05) is 9.35 Å². The average molecular weight is 332 g/mol. The third-order valence-corrected chi connectivity index (χ3v) is 4.31. The molecule has 1 aromatic carbocycles. The predicted molar refractivity (Wildman–Crippen MR) is 77.2 cm³/mol. The highest BCUT2D eigenvalue weighted by atomic mass is 79.9. The summed E-state index contributed by atoms with van der Waals surface area (Å²) in [6.07, 6.45) is 0.840. The van der Waals surface area contributed by atoms with E-state index >= 15 is 0 Å². The summed E-state index contributed by atoms with van der Waals surface area (Å²) in [5, 5.41) is 0. The van der Waals surface area contributed by atoms with E-state index in [0.29, 0.717) is 0 Å². The van der Waals surface area contributed by atoms with E-state index < -0.39 is 0 Å². The molecule has 1 heterocycles. The van der Waals surface area contributed by atoms with E-state index in [0.717, 1.165) is 20.1 Å². The van der Waals surface area contributed by atoms with Crippen molar-refractivity contribution < 1.29 is 0 Å². The molecule has 90 valence electrons. The van der Waals surface area contributed by atoms with Crippen molar-refractivity contribution in [1.29, 1.82) is 0 Å². The average Bonchev–Trinajstić information content (AvgIpc) is 2.73. The summed E-state index contributed by atoms with van der Waals surface area (Å²) in [6.45, 7) is 0. The quantitative estimate of drug-likeness (QED) is 0.658. The van der Waals surface area contributed by atoms with Crippen LogP contribution in [0.3, 0.4) is 0 Å². The molecule has 0 spiro atoms. The van der Waals surface area contributed by atoms with Crippen molar-refractivity contribution in [3.8, 4) is 0 Å². The van der Waals surface area contributed by atoms with Gasteiger partial charge in [0.05, 0.1) is 10.4 Å². The predicted octanol–water partition coefficient (Wildman–Crippen LogP) is 3.91. The fraction of sp³-hybridized carbons (Fsp3) is 0.167. The molecule has 2 nitrogen and oxygen atoms in total. The number of hydrogen-bond acceptors (Lipinski definition) is 3. The number of benzene rings is 1. The Morgan fingerprint density at radius 1 is 1.35 bits per heavy atom. The lowest BCUT2D eigenvalue weighted by Crippen LogP contribution is -2.28. The molecule has 1 atom stereocenters. The first-order valence-electron chi connectivity index (χ1n) is 5.15. The Hall–Kier alpha value is -0.390. The molecule has 2 rings (SSSR count). The minimum atomic E-state index is 0.0989. The first kappa shape index (κ1) is 13.1. The lowest BCUT2D eigenvalue weighted by molar-refractivity contribution is 0.560. The van der Waals surface area contributed by atoms with Gasteiger partial charge in [-0.15, -0.1) is 11.3 Å². The Balaban J connectivity index is 2.15. The highest BCUT2D eigenvalue weighted by molar-refractivity contribution is 9.10. The fourth-order valence-electron chi connectivity index (χ4n) is 1.66. The molecule has 0 bridgehead atoms. The lowest BCUT2D eigenvalue weighted by Gasteiger charge is -2.14. The summed E-state index contributed by atoms with van der Waals surface area (Å²) in [7, 11) is 0. The molecular weight excluding hydrogens is 320 g/mol. The first-order valence-corrected chi connectivity index (χ1v) is 7.13. The molecule has 0 aliphatic heterocycles. The number of rotatable bonds is 4. The second-order valence-corrected chi connectivity index (χ2v) is 6.36.